The summed E-state index contributed by atoms with van der Waals surface area (Å²) in [4.78, 5) is 24.8. The Hall–Kier alpha value is -4.84. The molecule has 0 unspecified atom stereocenters. The number of nitrogens with zero attached hydrogens (tertiary/aromatic N) is 2. The largest absolute Gasteiger partial charge is 0.486 e. The van der Waals surface area contributed by atoms with Crippen molar-refractivity contribution < 1.29 is 23.5 Å². The van der Waals surface area contributed by atoms with Gasteiger partial charge in [-0.05, 0) is 127 Å². The fourth-order valence-electron chi connectivity index (χ4n) is 4.48. The molecule has 5 rings (SSSR count). The zero-order valence-corrected chi connectivity index (χ0v) is 26.6. The van der Waals surface area contributed by atoms with E-state index in [2.05, 4.69) is 69.0 Å². The fraction of sp³-hybridized carbons (Fsp3) is 0.147. The van der Waals surface area contributed by atoms with E-state index in [-0.39, 0.29) is 24.9 Å². The van der Waals surface area contributed by atoms with E-state index in [4.69, 9.17) is 13.9 Å². The molecule has 0 spiro atoms. The van der Waals surface area contributed by atoms with Crippen LogP contribution in [0.15, 0.2) is 101 Å². The Balaban J connectivity index is 1.08. The number of furan rings is 1. The average Bonchev–Trinajstić information content (AvgIpc) is 3.63. The van der Waals surface area contributed by atoms with Crippen LogP contribution in [0.4, 0.5) is 5.69 Å². The van der Waals surface area contributed by atoms with Crippen LogP contribution in [-0.2, 0) is 11.4 Å². The van der Waals surface area contributed by atoms with Crippen LogP contribution in [0.25, 0.3) is 5.69 Å². The van der Waals surface area contributed by atoms with Crippen LogP contribution < -0.4 is 20.2 Å². The first-order chi connectivity index (χ1) is 21.3. The molecule has 3 aromatic carbocycles. The van der Waals surface area contributed by atoms with Crippen LogP contribution >= 0.6 is 22.6 Å². The van der Waals surface area contributed by atoms with E-state index in [0.29, 0.717) is 17.3 Å². The first-order valence-corrected chi connectivity index (χ1v) is 14.9. The maximum atomic E-state index is 12.5. The van der Waals surface area contributed by atoms with Gasteiger partial charge in [0, 0.05) is 22.8 Å². The number of hydrazone groups is 1. The van der Waals surface area contributed by atoms with Gasteiger partial charge in [-0.3, -0.25) is 9.59 Å². The Kier molecular flexibility index (Phi) is 9.80. The Morgan fingerprint density at radius 2 is 1.66 bits per heavy atom. The molecule has 0 saturated heterocycles. The van der Waals surface area contributed by atoms with Crippen LogP contribution in [0.2, 0.25) is 0 Å². The first kappa shape index (κ1) is 30.6. The second kappa shape index (κ2) is 14.1. The number of rotatable bonds is 11. The smallest absolute Gasteiger partial charge is 0.307 e. The second-order valence-electron chi connectivity index (χ2n) is 10.0. The number of nitrogens with one attached hydrogen (secondary N) is 2. The third-order valence-corrected chi connectivity index (χ3v) is 7.59. The number of para-hydroxylation sites is 1. The highest BCUT2D eigenvalue weighted by Gasteiger charge is 2.12. The molecule has 0 saturated carbocycles. The summed E-state index contributed by atoms with van der Waals surface area (Å²) < 4.78 is 20.1. The molecule has 9 nitrogen and oxygen atoms in total. The number of hydrogen-bond acceptors (Lipinski definition) is 6. The first-order valence-electron chi connectivity index (χ1n) is 13.8. The van der Waals surface area contributed by atoms with Crippen molar-refractivity contribution in [2.45, 2.75) is 27.4 Å². The lowest BCUT2D eigenvalue weighted by Crippen LogP contribution is -2.20. The van der Waals surface area contributed by atoms with Crippen LogP contribution in [0.1, 0.15) is 38.8 Å². The number of carbonyl (C=O) groups excluding carboxylic acids is 2. The number of aryl methyl sites for hydroxylation is 3. The fourth-order valence-corrected chi connectivity index (χ4v) is 5.17. The van der Waals surface area contributed by atoms with Crippen molar-refractivity contribution in [2.75, 3.05) is 11.9 Å². The lowest BCUT2D eigenvalue weighted by molar-refractivity contribution is -0.118. The number of aromatic nitrogens is 1. The van der Waals surface area contributed by atoms with E-state index < -0.39 is 5.91 Å². The van der Waals surface area contributed by atoms with Gasteiger partial charge in [0.05, 0.1) is 9.78 Å². The maximum absolute atomic E-state index is 12.5. The van der Waals surface area contributed by atoms with Crippen molar-refractivity contribution in [1.29, 1.82) is 0 Å². The quantitative estimate of drug-likeness (QED) is 0.0880. The van der Waals surface area contributed by atoms with Gasteiger partial charge in [-0.2, -0.15) is 5.10 Å². The van der Waals surface area contributed by atoms with Crippen LogP contribution in [0.5, 0.6) is 11.5 Å². The SMILES string of the molecule is Cc1ccccc1NC(=O)COc1ccc(/C=N/NC(=O)c2ccc(COc3ccc(-n4c(C)ccc4C)cc3)o2)cc1I. The third-order valence-electron chi connectivity index (χ3n) is 6.75. The molecule has 224 valence electrons. The molecule has 2 N–H and O–H groups in total. The van der Waals surface area contributed by atoms with Gasteiger partial charge in [0.25, 0.3) is 5.91 Å². The van der Waals surface area contributed by atoms with Crippen molar-refractivity contribution in [1.82, 2.24) is 9.99 Å². The lowest BCUT2D eigenvalue weighted by Gasteiger charge is -2.11. The molecule has 0 bridgehead atoms. The molecular weight excluding hydrogens is 671 g/mol. The Bertz CT molecular complexity index is 1790. The van der Waals surface area contributed by atoms with Crippen molar-refractivity contribution in [2.24, 2.45) is 5.10 Å². The molecule has 0 atom stereocenters. The predicted octanol–water partition coefficient (Wildman–Crippen LogP) is 6.96. The molecule has 0 aliphatic carbocycles. The Morgan fingerprint density at radius 1 is 0.909 bits per heavy atom. The van der Waals surface area contributed by atoms with Gasteiger partial charge in [-0.25, -0.2) is 5.43 Å². The number of halogens is 1. The summed E-state index contributed by atoms with van der Waals surface area (Å²) in [7, 11) is 0. The highest BCUT2D eigenvalue weighted by atomic mass is 127. The normalized spacial score (nSPS) is 11.0. The summed E-state index contributed by atoms with van der Waals surface area (Å²) in [5.74, 6) is 1.17. The number of carbonyl (C=O) groups is 2. The van der Waals surface area contributed by atoms with Crippen LogP contribution in [0, 0.1) is 24.3 Å². The number of hydrogen-bond donors (Lipinski definition) is 2. The summed E-state index contributed by atoms with van der Waals surface area (Å²) >= 11 is 2.12. The Labute approximate surface area is 269 Å². The minimum atomic E-state index is -0.483. The molecule has 10 heteroatoms. The van der Waals surface area contributed by atoms with E-state index >= 15 is 0 Å². The van der Waals surface area contributed by atoms with Gasteiger partial charge >= 0.3 is 5.91 Å². The van der Waals surface area contributed by atoms with Gasteiger partial charge in [0.2, 0.25) is 0 Å². The van der Waals surface area contributed by atoms with Crippen molar-refractivity contribution in [3.05, 3.63) is 129 Å². The van der Waals surface area contributed by atoms with Crippen LogP contribution in [0.3, 0.4) is 0 Å². The van der Waals surface area contributed by atoms with E-state index in [1.54, 1.807) is 24.3 Å². The van der Waals surface area contributed by atoms with Gasteiger partial charge < -0.3 is 23.8 Å². The number of benzene rings is 3. The van der Waals surface area contributed by atoms with Crippen molar-refractivity contribution >= 4 is 46.3 Å². The molecule has 0 aliphatic heterocycles. The lowest BCUT2D eigenvalue weighted by atomic mass is 10.2. The average molecular weight is 703 g/mol. The summed E-state index contributed by atoms with van der Waals surface area (Å²) in [5.41, 5.74) is 8.33. The number of anilines is 1. The highest BCUT2D eigenvalue weighted by molar-refractivity contribution is 14.1. The molecular formula is C34H31IN4O5. The van der Waals surface area contributed by atoms with Crippen molar-refractivity contribution in [3.63, 3.8) is 0 Å². The number of amides is 2. The Morgan fingerprint density at radius 3 is 2.39 bits per heavy atom. The van der Waals surface area contributed by atoms with Crippen molar-refractivity contribution in [3.8, 4) is 17.2 Å². The molecule has 0 aliphatic rings. The molecule has 0 radical (unpaired) electrons. The molecule has 44 heavy (non-hydrogen) atoms. The predicted molar refractivity (Wildman–Crippen MR) is 178 cm³/mol. The second-order valence-corrected chi connectivity index (χ2v) is 11.2. The monoisotopic (exact) mass is 702 g/mol. The molecule has 0 fully saturated rings. The topological polar surface area (TPSA) is 107 Å². The summed E-state index contributed by atoms with van der Waals surface area (Å²) in [6, 6.07) is 28.2. The van der Waals surface area contributed by atoms with Gasteiger partial charge in [-0.15, -0.1) is 0 Å². The summed E-state index contributed by atoms with van der Waals surface area (Å²) in [6.45, 7) is 6.13. The van der Waals surface area contributed by atoms with Crippen LogP contribution in [-0.4, -0.2) is 29.2 Å². The molecule has 2 amide bonds. The van der Waals surface area contributed by atoms with Gasteiger partial charge in [0.15, 0.2) is 12.4 Å². The van der Waals surface area contributed by atoms with Gasteiger partial charge in [-0.1, -0.05) is 18.2 Å². The third kappa shape index (κ3) is 7.75. The zero-order valence-electron chi connectivity index (χ0n) is 24.5. The summed E-state index contributed by atoms with van der Waals surface area (Å²) in [6.07, 6.45) is 1.52. The molecule has 5 aromatic rings. The zero-order chi connectivity index (χ0) is 31.1. The standard InChI is InChI=1S/C34H31IN4O5/c1-22-6-4-5-7-30(22)37-33(40)21-43-31-16-10-25(18-29(31)35)19-36-38-34(41)32-17-15-28(44-32)20-42-27-13-11-26(12-14-27)39-23(2)8-9-24(39)3/h4-19H,20-21H2,1-3H3,(H,37,40)(H,38,41)/b36-19+. The van der Waals surface area contributed by atoms with E-state index in [9.17, 15) is 9.59 Å². The molecule has 2 aromatic heterocycles. The number of ether oxygens (including phenoxy) is 2. The van der Waals surface area contributed by atoms with Gasteiger partial charge in [0.1, 0.15) is 23.9 Å². The molecule has 2 heterocycles. The van der Waals surface area contributed by atoms with E-state index in [1.165, 1.54) is 6.21 Å². The van der Waals surface area contributed by atoms with E-state index in [0.717, 1.165) is 37.5 Å². The highest BCUT2D eigenvalue weighted by Crippen LogP contribution is 2.23. The minimum Gasteiger partial charge on any atom is -0.486 e. The maximum Gasteiger partial charge on any atom is 0.307 e. The summed E-state index contributed by atoms with van der Waals surface area (Å²) in [5, 5.41) is 6.88. The van der Waals surface area contributed by atoms with E-state index in [1.807, 2.05) is 61.5 Å². The minimum absolute atomic E-state index is 0.121.